The molecule has 53 heavy (non-hydrogen) atoms. The molecule has 316 valence electrons. The van der Waals surface area contributed by atoms with Gasteiger partial charge in [0.25, 0.3) is 0 Å². The van der Waals surface area contributed by atoms with Crippen LogP contribution in [-0.2, 0) is 19.1 Å². The summed E-state index contributed by atoms with van der Waals surface area (Å²) >= 11 is 0. The van der Waals surface area contributed by atoms with Crippen molar-refractivity contribution >= 4 is 11.9 Å². The molecule has 0 aromatic carbocycles. The zero-order valence-corrected chi connectivity index (χ0v) is 36.5. The van der Waals surface area contributed by atoms with Gasteiger partial charge in [-0.3, -0.25) is 9.59 Å². The van der Waals surface area contributed by atoms with E-state index < -0.39 is 5.41 Å². The highest BCUT2D eigenvalue weighted by atomic mass is 16.5. The molecular weight excluding hydrogens is 659 g/mol. The van der Waals surface area contributed by atoms with E-state index in [0.717, 1.165) is 103 Å². The predicted octanol–water partition coefficient (Wildman–Crippen LogP) is 13.7. The van der Waals surface area contributed by atoms with E-state index in [4.69, 9.17) is 9.47 Å². The van der Waals surface area contributed by atoms with Gasteiger partial charge in [0, 0.05) is 19.6 Å². The van der Waals surface area contributed by atoms with Crippen LogP contribution in [0.2, 0.25) is 0 Å². The standard InChI is InChI=1S/C47H93NO5/c1-6-9-12-15-18-19-22-29-37-45(50)52-43-33-26-25-32-40-48(41-34-42-49)39-31-24-23-30-38-47(4,5)46(51)53-44(35-27-20-16-13-10-7-2)36-28-21-17-14-11-8-3/h44,49H,6-43H2,1-5H3. The lowest BCUT2D eigenvalue weighted by Gasteiger charge is -2.27. The normalized spacial score (nSPS) is 11.9. The molecule has 0 unspecified atom stereocenters. The van der Waals surface area contributed by atoms with E-state index in [2.05, 4.69) is 39.5 Å². The monoisotopic (exact) mass is 752 g/mol. The summed E-state index contributed by atoms with van der Waals surface area (Å²) in [6.45, 7) is 14.8. The molecule has 0 atom stereocenters. The number of aliphatic hydroxyl groups excluding tert-OH is 1. The fraction of sp³-hybridized carbons (Fsp3) is 0.957. The minimum Gasteiger partial charge on any atom is -0.466 e. The van der Waals surface area contributed by atoms with Crippen LogP contribution in [0.25, 0.3) is 0 Å². The maximum atomic E-state index is 13.4. The van der Waals surface area contributed by atoms with E-state index in [1.165, 1.54) is 122 Å². The Morgan fingerprint density at radius 1 is 0.528 bits per heavy atom. The molecule has 0 fully saturated rings. The van der Waals surface area contributed by atoms with E-state index >= 15 is 0 Å². The van der Waals surface area contributed by atoms with Crippen molar-refractivity contribution in [2.24, 2.45) is 5.41 Å². The quantitative estimate of drug-likeness (QED) is 0.0494. The van der Waals surface area contributed by atoms with Gasteiger partial charge in [-0.15, -0.1) is 0 Å². The third-order valence-electron chi connectivity index (χ3n) is 11.1. The van der Waals surface area contributed by atoms with Crippen molar-refractivity contribution in [3.8, 4) is 0 Å². The molecule has 0 amide bonds. The van der Waals surface area contributed by atoms with Crippen molar-refractivity contribution in [1.29, 1.82) is 0 Å². The number of rotatable bonds is 42. The zero-order chi connectivity index (χ0) is 39.1. The molecule has 6 nitrogen and oxygen atoms in total. The van der Waals surface area contributed by atoms with Crippen LogP contribution in [0.5, 0.6) is 0 Å². The van der Waals surface area contributed by atoms with Crippen LogP contribution in [0.4, 0.5) is 0 Å². The van der Waals surface area contributed by atoms with Gasteiger partial charge in [-0.2, -0.15) is 0 Å². The van der Waals surface area contributed by atoms with Crippen molar-refractivity contribution in [3.63, 3.8) is 0 Å². The van der Waals surface area contributed by atoms with Crippen LogP contribution in [0.3, 0.4) is 0 Å². The number of unbranched alkanes of at least 4 members (excludes halogenated alkanes) is 23. The minimum absolute atomic E-state index is 0.00612. The van der Waals surface area contributed by atoms with Crippen LogP contribution >= 0.6 is 0 Å². The number of carbonyl (C=O) groups is 2. The Hall–Kier alpha value is -1.14. The van der Waals surface area contributed by atoms with Crippen molar-refractivity contribution in [2.75, 3.05) is 32.8 Å². The van der Waals surface area contributed by atoms with Crippen LogP contribution in [-0.4, -0.2) is 60.9 Å². The Kier molecular flexibility index (Phi) is 38.3. The van der Waals surface area contributed by atoms with Gasteiger partial charge in [-0.05, 0) is 91.1 Å². The van der Waals surface area contributed by atoms with Gasteiger partial charge >= 0.3 is 11.9 Å². The summed E-state index contributed by atoms with van der Waals surface area (Å²) < 4.78 is 11.7. The number of hydrogen-bond donors (Lipinski definition) is 1. The van der Waals surface area contributed by atoms with E-state index in [9.17, 15) is 14.7 Å². The van der Waals surface area contributed by atoms with Gasteiger partial charge < -0.3 is 19.5 Å². The number of carbonyl (C=O) groups excluding carboxylic acids is 2. The Morgan fingerprint density at radius 2 is 0.943 bits per heavy atom. The summed E-state index contributed by atoms with van der Waals surface area (Å²) in [5.41, 5.74) is -0.431. The van der Waals surface area contributed by atoms with Crippen LogP contribution in [0.15, 0.2) is 0 Å². The third-order valence-corrected chi connectivity index (χ3v) is 11.1. The van der Waals surface area contributed by atoms with E-state index in [0.29, 0.717) is 13.0 Å². The molecule has 0 rings (SSSR count). The van der Waals surface area contributed by atoms with Crippen molar-refractivity contribution in [1.82, 2.24) is 4.90 Å². The molecule has 0 aliphatic rings. The SMILES string of the molecule is CCCCCCCCCCC(=O)OCCCCCCN(CCCO)CCCCCCC(C)(C)C(=O)OC(CCCCCCCC)CCCCCCCC. The molecule has 1 N–H and O–H groups in total. The second kappa shape index (κ2) is 39.1. The van der Waals surface area contributed by atoms with E-state index in [1.807, 2.05) is 0 Å². The van der Waals surface area contributed by atoms with E-state index in [-0.39, 0.29) is 24.6 Å². The summed E-state index contributed by atoms with van der Waals surface area (Å²) in [5.74, 6) is -0.0208. The molecule has 0 radical (unpaired) electrons. The van der Waals surface area contributed by atoms with Gasteiger partial charge in [-0.25, -0.2) is 0 Å². The number of esters is 2. The zero-order valence-electron chi connectivity index (χ0n) is 36.5. The number of aliphatic hydroxyl groups is 1. The molecule has 6 heteroatoms. The first-order chi connectivity index (χ1) is 25.8. The van der Waals surface area contributed by atoms with E-state index in [1.54, 1.807) is 0 Å². The first kappa shape index (κ1) is 51.9. The van der Waals surface area contributed by atoms with Gasteiger partial charge in [-0.1, -0.05) is 162 Å². The second-order valence-corrected chi connectivity index (χ2v) is 17.0. The Morgan fingerprint density at radius 3 is 1.45 bits per heavy atom. The molecule has 0 heterocycles. The smallest absolute Gasteiger partial charge is 0.311 e. The molecule has 0 spiro atoms. The molecule has 0 aromatic heterocycles. The number of nitrogens with zero attached hydrogens (tertiary/aromatic N) is 1. The summed E-state index contributed by atoms with van der Waals surface area (Å²) in [6, 6.07) is 0. The minimum atomic E-state index is -0.431. The average molecular weight is 752 g/mol. The Bertz CT molecular complexity index is 771. The third kappa shape index (κ3) is 35.0. The Balaban J connectivity index is 4.26. The van der Waals surface area contributed by atoms with Crippen molar-refractivity contribution < 1.29 is 24.2 Å². The first-order valence-electron chi connectivity index (χ1n) is 23.5. The molecule has 0 aliphatic heterocycles. The summed E-state index contributed by atoms with van der Waals surface area (Å²) in [6.07, 6.45) is 38.5. The highest BCUT2D eigenvalue weighted by Gasteiger charge is 2.30. The molecule has 0 bridgehead atoms. The molecule has 0 saturated carbocycles. The van der Waals surface area contributed by atoms with Crippen molar-refractivity contribution in [3.05, 3.63) is 0 Å². The lowest BCUT2D eigenvalue weighted by molar-refractivity contribution is -0.161. The number of ether oxygens (including phenoxy) is 2. The fourth-order valence-electron chi connectivity index (χ4n) is 7.32. The molecule has 0 saturated heterocycles. The van der Waals surface area contributed by atoms with Crippen LogP contribution in [0, 0.1) is 5.41 Å². The summed E-state index contributed by atoms with van der Waals surface area (Å²) in [7, 11) is 0. The van der Waals surface area contributed by atoms with Gasteiger partial charge in [0.05, 0.1) is 12.0 Å². The first-order valence-corrected chi connectivity index (χ1v) is 23.5. The fourth-order valence-corrected chi connectivity index (χ4v) is 7.32. The molecule has 0 aromatic rings. The topological polar surface area (TPSA) is 76.1 Å². The maximum Gasteiger partial charge on any atom is 0.311 e. The van der Waals surface area contributed by atoms with Gasteiger partial charge in [0.2, 0.25) is 0 Å². The van der Waals surface area contributed by atoms with Gasteiger partial charge in [0.1, 0.15) is 6.10 Å². The largest absolute Gasteiger partial charge is 0.466 e. The lowest BCUT2D eigenvalue weighted by atomic mass is 9.86. The second-order valence-electron chi connectivity index (χ2n) is 17.0. The Labute approximate surface area is 331 Å². The highest BCUT2D eigenvalue weighted by Crippen LogP contribution is 2.28. The average Bonchev–Trinajstić information content (AvgIpc) is 3.14. The molecular formula is C47H93NO5. The predicted molar refractivity (Wildman–Crippen MR) is 228 cm³/mol. The van der Waals surface area contributed by atoms with Crippen LogP contribution in [0.1, 0.15) is 247 Å². The van der Waals surface area contributed by atoms with Crippen LogP contribution < -0.4 is 0 Å². The summed E-state index contributed by atoms with van der Waals surface area (Å²) in [4.78, 5) is 27.9. The molecule has 0 aliphatic carbocycles. The lowest BCUT2D eigenvalue weighted by Crippen LogP contribution is -2.31. The number of hydrogen-bond acceptors (Lipinski definition) is 6. The highest BCUT2D eigenvalue weighted by molar-refractivity contribution is 5.76. The van der Waals surface area contributed by atoms with Crippen molar-refractivity contribution in [2.45, 2.75) is 253 Å². The maximum absolute atomic E-state index is 13.4. The van der Waals surface area contributed by atoms with Gasteiger partial charge in [0.15, 0.2) is 0 Å². The summed E-state index contributed by atoms with van der Waals surface area (Å²) in [5, 5.41) is 9.42.